The first-order chi connectivity index (χ1) is 23.5. The molecule has 240 valence electrons. The molecule has 8 rings (SSSR count). The summed E-state index contributed by atoms with van der Waals surface area (Å²) in [5.41, 5.74) is 13.9. The molecule has 0 aliphatic heterocycles. The fourth-order valence-corrected chi connectivity index (χ4v) is 7.77. The number of hydrogen-bond acceptors (Lipinski definition) is 2. The predicted octanol–water partition coefficient (Wildman–Crippen LogP) is 11.9. The van der Waals surface area contributed by atoms with Crippen LogP contribution in [0, 0.1) is 0 Å². The molecule has 0 amide bonds. The van der Waals surface area contributed by atoms with Crippen molar-refractivity contribution in [1.29, 1.82) is 0 Å². The van der Waals surface area contributed by atoms with Gasteiger partial charge in [0.25, 0.3) is 0 Å². The van der Waals surface area contributed by atoms with Crippen molar-refractivity contribution in [2.75, 3.05) is 0 Å². The number of nitrogens with zero attached hydrogens (tertiary/aromatic N) is 2. The quantitative estimate of drug-likeness (QED) is 0.192. The summed E-state index contributed by atoms with van der Waals surface area (Å²) in [6.45, 7) is 13.6. The van der Waals surface area contributed by atoms with Crippen LogP contribution < -0.4 is 0 Å². The van der Waals surface area contributed by atoms with Crippen molar-refractivity contribution >= 4 is 10.8 Å². The Morgan fingerprint density at radius 2 is 1.02 bits per heavy atom. The van der Waals surface area contributed by atoms with Gasteiger partial charge in [0.15, 0.2) is 0 Å². The molecule has 1 aliphatic rings. The second-order valence-corrected chi connectivity index (χ2v) is 15.5. The summed E-state index contributed by atoms with van der Waals surface area (Å²) in [6.07, 6.45) is 3.92. The third kappa shape index (κ3) is 5.09. The van der Waals surface area contributed by atoms with Gasteiger partial charge in [-0.1, -0.05) is 133 Å². The molecule has 2 nitrogen and oxygen atoms in total. The molecule has 2 aromatic heterocycles. The molecule has 1 aliphatic carbocycles. The SMILES string of the molecule is CC(C)(C)c1ccnc(-c2cccc(C3(c4cc(-c5cc(C(C)(C)C)ccn5)c5ccccc5c4)c4ccccc4-c4ccccc43)c2)c1. The van der Waals surface area contributed by atoms with Crippen LogP contribution in [0.1, 0.15) is 74.9 Å². The molecule has 0 unspecified atom stereocenters. The summed E-state index contributed by atoms with van der Waals surface area (Å²) < 4.78 is 0. The van der Waals surface area contributed by atoms with E-state index in [4.69, 9.17) is 9.97 Å². The molecule has 0 saturated heterocycles. The van der Waals surface area contributed by atoms with Crippen LogP contribution in [-0.2, 0) is 16.2 Å². The summed E-state index contributed by atoms with van der Waals surface area (Å²) >= 11 is 0. The van der Waals surface area contributed by atoms with Gasteiger partial charge in [0.05, 0.1) is 16.8 Å². The Morgan fingerprint density at radius 3 is 1.67 bits per heavy atom. The van der Waals surface area contributed by atoms with Crippen LogP contribution in [0.3, 0.4) is 0 Å². The first-order valence-corrected chi connectivity index (χ1v) is 17.3. The Hall–Kier alpha value is -5.34. The van der Waals surface area contributed by atoms with Crippen LogP contribution in [-0.4, -0.2) is 9.97 Å². The van der Waals surface area contributed by atoms with Crippen molar-refractivity contribution in [3.8, 4) is 33.6 Å². The molecule has 2 heterocycles. The monoisotopic (exact) mass is 634 g/mol. The maximum atomic E-state index is 5.00. The maximum Gasteiger partial charge on any atom is 0.0714 e. The van der Waals surface area contributed by atoms with Crippen LogP contribution in [0.4, 0.5) is 0 Å². The normalized spacial score (nSPS) is 13.7. The number of rotatable bonds is 4. The van der Waals surface area contributed by atoms with Gasteiger partial charge in [0.2, 0.25) is 0 Å². The van der Waals surface area contributed by atoms with E-state index in [0.29, 0.717) is 0 Å². The maximum absolute atomic E-state index is 5.00. The van der Waals surface area contributed by atoms with Crippen molar-refractivity contribution in [3.63, 3.8) is 0 Å². The smallest absolute Gasteiger partial charge is 0.0714 e. The van der Waals surface area contributed by atoms with E-state index in [0.717, 1.165) is 22.5 Å². The minimum Gasteiger partial charge on any atom is -0.256 e. The number of fused-ring (bicyclic) bond motifs is 4. The second-order valence-electron chi connectivity index (χ2n) is 15.5. The first-order valence-electron chi connectivity index (χ1n) is 17.3. The van der Waals surface area contributed by atoms with Crippen LogP contribution in [0.2, 0.25) is 0 Å². The number of pyridine rings is 2. The fraction of sp³-hybridized carbons (Fsp3) is 0.191. The molecule has 0 radical (unpaired) electrons. The van der Waals surface area contributed by atoms with Crippen LogP contribution >= 0.6 is 0 Å². The van der Waals surface area contributed by atoms with Gasteiger partial charge in [-0.15, -0.1) is 0 Å². The topological polar surface area (TPSA) is 25.8 Å². The minimum atomic E-state index is -0.564. The van der Waals surface area contributed by atoms with Crippen molar-refractivity contribution in [1.82, 2.24) is 9.97 Å². The Labute approximate surface area is 290 Å². The van der Waals surface area contributed by atoms with Gasteiger partial charge in [0.1, 0.15) is 0 Å². The highest BCUT2D eigenvalue weighted by Gasteiger charge is 2.46. The van der Waals surface area contributed by atoms with Crippen molar-refractivity contribution in [2.45, 2.75) is 57.8 Å². The fourth-order valence-electron chi connectivity index (χ4n) is 7.77. The molecule has 0 spiro atoms. The Bertz CT molecular complexity index is 2320. The molecule has 2 heteroatoms. The van der Waals surface area contributed by atoms with Crippen molar-refractivity contribution in [3.05, 3.63) is 179 Å². The lowest BCUT2D eigenvalue weighted by molar-refractivity contribution is 0.589. The van der Waals surface area contributed by atoms with Gasteiger partial charge in [-0.3, -0.25) is 9.97 Å². The molecule has 0 fully saturated rings. The van der Waals surface area contributed by atoms with Crippen molar-refractivity contribution < 1.29 is 0 Å². The van der Waals surface area contributed by atoms with Crippen LogP contribution in [0.15, 0.2) is 146 Å². The zero-order valence-electron chi connectivity index (χ0n) is 29.3. The Balaban J connectivity index is 1.46. The summed E-state index contributed by atoms with van der Waals surface area (Å²) in [6, 6.07) is 49.4. The van der Waals surface area contributed by atoms with E-state index in [-0.39, 0.29) is 10.8 Å². The molecular formula is C47H42N2. The van der Waals surface area contributed by atoms with Crippen LogP contribution in [0.25, 0.3) is 44.4 Å². The van der Waals surface area contributed by atoms with Crippen LogP contribution in [0.5, 0.6) is 0 Å². The number of benzene rings is 5. The Morgan fingerprint density at radius 1 is 0.449 bits per heavy atom. The lowest BCUT2D eigenvalue weighted by atomic mass is 9.66. The molecular weight excluding hydrogens is 593 g/mol. The highest BCUT2D eigenvalue weighted by atomic mass is 14.7. The largest absolute Gasteiger partial charge is 0.256 e. The molecule has 0 N–H and O–H groups in total. The van der Waals surface area contributed by atoms with E-state index < -0.39 is 5.41 Å². The van der Waals surface area contributed by atoms with Gasteiger partial charge >= 0.3 is 0 Å². The molecule has 49 heavy (non-hydrogen) atoms. The van der Waals surface area contributed by atoms with Gasteiger partial charge in [-0.05, 0) is 109 Å². The van der Waals surface area contributed by atoms with Gasteiger partial charge < -0.3 is 0 Å². The molecule has 0 saturated carbocycles. The summed E-state index contributed by atoms with van der Waals surface area (Å²) in [5.74, 6) is 0. The number of aromatic nitrogens is 2. The molecule has 7 aromatic rings. The third-order valence-electron chi connectivity index (χ3n) is 10.4. The standard InChI is InChI=1S/C47H42N2/c1-45(2,3)33-22-24-48-43(29-33)32-15-13-16-35(27-32)47(41-20-11-9-18-38(41)39-19-10-12-21-42(39)47)36-26-31-14-7-8-17-37(31)40(28-36)44-30-34(23-25-49-44)46(4,5)6/h7-30H,1-6H3. The Kier molecular flexibility index (Phi) is 7.19. The predicted molar refractivity (Wildman–Crippen MR) is 205 cm³/mol. The lowest BCUT2D eigenvalue weighted by Gasteiger charge is -2.35. The molecule has 0 atom stereocenters. The second kappa shape index (κ2) is 11.4. The van der Waals surface area contributed by atoms with Gasteiger partial charge in [-0.25, -0.2) is 0 Å². The highest BCUT2D eigenvalue weighted by Crippen LogP contribution is 2.57. The zero-order chi connectivity index (χ0) is 34.0. The summed E-state index contributed by atoms with van der Waals surface area (Å²) in [4.78, 5) is 9.89. The lowest BCUT2D eigenvalue weighted by Crippen LogP contribution is -2.28. The van der Waals surface area contributed by atoms with Gasteiger partial charge in [0, 0.05) is 23.5 Å². The van der Waals surface area contributed by atoms with Gasteiger partial charge in [-0.2, -0.15) is 0 Å². The average Bonchev–Trinajstić information content (AvgIpc) is 3.42. The molecule has 5 aromatic carbocycles. The minimum absolute atomic E-state index is 0.00836. The highest BCUT2D eigenvalue weighted by molar-refractivity contribution is 5.98. The number of hydrogen-bond donors (Lipinski definition) is 0. The average molecular weight is 635 g/mol. The van der Waals surface area contributed by atoms with Crippen molar-refractivity contribution in [2.24, 2.45) is 0 Å². The zero-order valence-corrected chi connectivity index (χ0v) is 29.3. The van der Waals surface area contributed by atoms with E-state index >= 15 is 0 Å². The van der Waals surface area contributed by atoms with E-state index in [2.05, 4.69) is 175 Å². The first kappa shape index (κ1) is 31.0. The van der Waals surface area contributed by atoms with E-state index in [1.807, 2.05) is 12.4 Å². The molecule has 0 bridgehead atoms. The van der Waals surface area contributed by atoms with E-state index in [1.54, 1.807) is 0 Å². The van der Waals surface area contributed by atoms with E-state index in [9.17, 15) is 0 Å². The summed E-state index contributed by atoms with van der Waals surface area (Å²) in [5, 5.41) is 2.41. The summed E-state index contributed by atoms with van der Waals surface area (Å²) in [7, 11) is 0. The van der Waals surface area contributed by atoms with E-state index in [1.165, 1.54) is 55.3 Å². The third-order valence-corrected chi connectivity index (χ3v) is 10.4.